The van der Waals surface area contributed by atoms with Gasteiger partial charge < -0.3 is 9.84 Å². The van der Waals surface area contributed by atoms with E-state index in [0.717, 1.165) is 12.1 Å². The number of sulfonamides is 1. The van der Waals surface area contributed by atoms with Crippen LogP contribution in [-0.4, -0.2) is 33.8 Å². The molecule has 8 heteroatoms. The molecule has 0 amide bonds. The molecule has 0 saturated carbocycles. The van der Waals surface area contributed by atoms with Crippen molar-refractivity contribution in [3.05, 3.63) is 29.3 Å². The number of nitrogens with one attached hydrogen (secondary N) is 1. The zero-order chi connectivity index (χ0) is 13.8. The van der Waals surface area contributed by atoms with Crippen LogP contribution in [0.2, 0.25) is 0 Å². The number of halogens is 2. The molecule has 0 aromatic heterocycles. The summed E-state index contributed by atoms with van der Waals surface area (Å²) in [6, 6.07) is 1.60. The molecule has 0 heterocycles. The Morgan fingerprint density at radius 1 is 1.39 bits per heavy atom. The molecule has 102 valence electrons. The zero-order valence-corrected chi connectivity index (χ0v) is 10.4. The molecule has 0 fully saturated rings. The topological polar surface area (TPSA) is 75.6 Å². The zero-order valence-electron chi connectivity index (χ0n) is 9.61. The van der Waals surface area contributed by atoms with Crippen molar-refractivity contribution in [2.75, 3.05) is 20.3 Å². The average molecular weight is 281 g/mol. The standard InChI is InChI=1S/C10H13F2NO4S/c1-17-5-4-13-18(15,16)9-3-2-8(11)7(6-14)10(9)12/h2-3,13-14H,4-6H2,1H3. The van der Waals surface area contributed by atoms with Gasteiger partial charge in [-0.3, -0.25) is 0 Å². The lowest BCUT2D eigenvalue weighted by Gasteiger charge is -2.09. The molecule has 0 unspecified atom stereocenters. The molecule has 1 aromatic rings. The van der Waals surface area contributed by atoms with Crippen molar-refractivity contribution in [3.8, 4) is 0 Å². The number of hydrogen-bond acceptors (Lipinski definition) is 4. The molecule has 0 radical (unpaired) electrons. The third-order valence-electron chi connectivity index (χ3n) is 2.20. The number of hydrogen-bond donors (Lipinski definition) is 2. The van der Waals surface area contributed by atoms with Gasteiger partial charge in [0.25, 0.3) is 0 Å². The molecule has 1 aromatic carbocycles. The predicted molar refractivity (Wildman–Crippen MR) is 59.3 cm³/mol. The lowest BCUT2D eigenvalue weighted by molar-refractivity contribution is 0.204. The lowest BCUT2D eigenvalue weighted by atomic mass is 10.2. The van der Waals surface area contributed by atoms with Crippen molar-refractivity contribution < 1.29 is 27.0 Å². The second-order valence-corrected chi connectivity index (χ2v) is 5.12. The third-order valence-corrected chi connectivity index (χ3v) is 3.67. The van der Waals surface area contributed by atoms with E-state index in [-0.39, 0.29) is 13.2 Å². The minimum absolute atomic E-state index is 0.0376. The molecule has 0 spiro atoms. The van der Waals surface area contributed by atoms with Crippen molar-refractivity contribution in [1.82, 2.24) is 4.72 Å². The van der Waals surface area contributed by atoms with Crippen molar-refractivity contribution in [1.29, 1.82) is 0 Å². The largest absolute Gasteiger partial charge is 0.391 e. The van der Waals surface area contributed by atoms with E-state index < -0.39 is 38.7 Å². The van der Waals surface area contributed by atoms with Crippen LogP contribution in [0, 0.1) is 11.6 Å². The maximum Gasteiger partial charge on any atom is 0.243 e. The van der Waals surface area contributed by atoms with Gasteiger partial charge in [0.05, 0.1) is 18.8 Å². The first-order valence-corrected chi connectivity index (χ1v) is 6.48. The van der Waals surface area contributed by atoms with Crippen LogP contribution in [0.15, 0.2) is 17.0 Å². The number of ether oxygens (including phenoxy) is 1. The molecule has 0 aliphatic rings. The SMILES string of the molecule is COCCNS(=O)(=O)c1ccc(F)c(CO)c1F. The van der Waals surface area contributed by atoms with Crippen LogP contribution in [0.1, 0.15) is 5.56 Å². The molecular formula is C10H13F2NO4S. The van der Waals surface area contributed by atoms with Gasteiger partial charge in [-0.15, -0.1) is 0 Å². The Labute approximate surface area is 103 Å². The van der Waals surface area contributed by atoms with Crippen LogP contribution in [0.25, 0.3) is 0 Å². The molecule has 0 atom stereocenters. The summed E-state index contributed by atoms with van der Waals surface area (Å²) in [4.78, 5) is -0.705. The van der Waals surface area contributed by atoms with Crippen molar-refractivity contribution in [3.63, 3.8) is 0 Å². The smallest absolute Gasteiger partial charge is 0.243 e. The maximum atomic E-state index is 13.7. The first-order chi connectivity index (χ1) is 8.44. The van der Waals surface area contributed by atoms with Gasteiger partial charge in [0.2, 0.25) is 10.0 Å². The van der Waals surface area contributed by atoms with Gasteiger partial charge in [-0.2, -0.15) is 0 Å². The number of benzene rings is 1. The Hall–Kier alpha value is -1.09. The monoisotopic (exact) mass is 281 g/mol. The van der Waals surface area contributed by atoms with Crippen LogP contribution in [0.5, 0.6) is 0 Å². The Morgan fingerprint density at radius 2 is 2.06 bits per heavy atom. The van der Waals surface area contributed by atoms with E-state index in [1.807, 2.05) is 0 Å². The molecule has 18 heavy (non-hydrogen) atoms. The fourth-order valence-corrected chi connectivity index (χ4v) is 2.40. The summed E-state index contributed by atoms with van der Waals surface area (Å²) in [6.07, 6.45) is 0. The Kier molecular flexibility index (Phi) is 5.15. The second-order valence-electron chi connectivity index (χ2n) is 3.39. The molecule has 0 aliphatic carbocycles. The minimum Gasteiger partial charge on any atom is -0.391 e. The van der Waals surface area contributed by atoms with E-state index >= 15 is 0 Å². The summed E-state index contributed by atoms with van der Waals surface area (Å²) in [5, 5.41) is 8.79. The van der Waals surface area contributed by atoms with Crippen LogP contribution in [0.4, 0.5) is 8.78 Å². The van der Waals surface area contributed by atoms with Gasteiger partial charge in [-0.05, 0) is 12.1 Å². The number of methoxy groups -OCH3 is 1. The minimum atomic E-state index is -4.10. The molecule has 1 rings (SSSR count). The summed E-state index contributed by atoms with van der Waals surface area (Å²) < 4.78 is 56.9. The molecule has 5 nitrogen and oxygen atoms in total. The first kappa shape index (κ1) is 15.0. The first-order valence-electron chi connectivity index (χ1n) is 5.00. The normalized spacial score (nSPS) is 11.8. The van der Waals surface area contributed by atoms with Crippen LogP contribution in [0.3, 0.4) is 0 Å². The third kappa shape index (κ3) is 3.22. The van der Waals surface area contributed by atoms with Crippen molar-refractivity contribution in [2.24, 2.45) is 0 Å². The van der Waals surface area contributed by atoms with Gasteiger partial charge in [0.1, 0.15) is 10.7 Å². The number of aliphatic hydroxyl groups is 1. The van der Waals surface area contributed by atoms with E-state index in [2.05, 4.69) is 9.46 Å². The van der Waals surface area contributed by atoms with Gasteiger partial charge in [0, 0.05) is 13.7 Å². The average Bonchev–Trinajstić information content (AvgIpc) is 2.29. The van der Waals surface area contributed by atoms with Crippen LogP contribution in [-0.2, 0) is 21.4 Å². The summed E-state index contributed by atoms with van der Waals surface area (Å²) in [5.74, 6) is -2.28. The van der Waals surface area contributed by atoms with Crippen molar-refractivity contribution >= 4 is 10.0 Å². The van der Waals surface area contributed by atoms with E-state index in [0.29, 0.717) is 0 Å². The van der Waals surface area contributed by atoms with Gasteiger partial charge in [-0.1, -0.05) is 0 Å². The fourth-order valence-electron chi connectivity index (χ4n) is 1.28. The quantitative estimate of drug-likeness (QED) is 0.739. The predicted octanol–water partition coefficient (Wildman–Crippen LogP) is 0.382. The Morgan fingerprint density at radius 3 is 2.61 bits per heavy atom. The Balaban J connectivity index is 3.10. The fraction of sp³-hybridized carbons (Fsp3) is 0.400. The highest BCUT2D eigenvalue weighted by Crippen LogP contribution is 2.20. The second kappa shape index (κ2) is 6.19. The van der Waals surface area contributed by atoms with Gasteiger partial charge >= 0.3 is 0 Å². The van der Waals surface area contributed by atoms with Gasteiger partial charge in [0.15, 0.2) is 5.82 Å². The van der Waals surface area contributed by atoms with E-state index in [1.54, 1.807) is 0 Å². The van der Waals surface area contributed by atoms with E-state index in [9.17, 15) is 17.2 Å². The molecular weight excluding hydrogens is 268 g/mol. The maximum absolute atomic E-state index is 13.7. The highest BCUT2D eigenvalue weighted by atomic mass is 32.2. The summed E-state index contributed by atoms with van der Waals surface area (Å²) in [5.41, 5.74) is -0.676. The molecule has 0 saturated heterocycles. The van der Waals surface area contributed by atoms with E-state index in [4.69, 9.17) is 5.11 Å². The van der Waals surface area contributed by atoms with Crippen molar-refractivity contribution in [2.45, 2.75) is 11.5 Å². The highest BCUT2D eigenvalue weighted by molar-refractivity contribution is 7.89. The summed E-state index contributed by atoms with van der Waals surface area (Å²) in [6.45, 7) is -0.835. The Bertz CT molecular complexity index is 519. The van der Waals surface area contributed by atoms with E-state index in [1.165, 1.54) is 7.11 Å². The van der Waals surface area contributed by atoms with Crippen LogP contribution >= 0.6 is 0 Å². The van der Waals surface area contributed by atoms with Crippen LogP contribution < -0.4 is 4.72 Å². The number of aliphatic hydroxyl groups excluding tert-OH is 1. The summed E-state index contributed by atoms with van der Waals surface area (Å²) >= 11 is 0. The van der Waals surface area contributed by atoms with Gasteiger partial charge in [-0.25, -0.2) is 21.9 Å². The lowest BCUT2D eigenvalue weighted by Crippen LogP contribution is -2.28. The molecule has 0 bridgehead atoms. The highest BCUT2D eigenvalue weighted by Gasteiger charge is 2.22. The molecule has 0 aliphatic heterocycles. The summed E-state index contributed by atoms with van der Waals surface area (Å²) in [7, 11) is -2.71. The number of rotatable bonds is 6. The molecule has 2 N–H and O–H groups in total.